The third kappa shape index (κ3) is 1.41. The van der Waals surface area contributed by atoms with Crippen LogP contribution >= 0.6 is 15.9 Å². The summed E-state index contributed by atoms with van der Waals surface area (Å²) < 4.78 is 0.782. The summed E-state index contributed by atoms with van der Waals surface area (Å²) in [5, 5.41) is 11.0. The van der Waals surface area contributed by atoms with E-state index in [9.17, 15) is 14.9 Å². The summed E-state index contributed by atoms with van der Waals surface area (Å²) in [4.78, 5) is 22.7. The molecule has 0 bridgehead atoms. The van der Waals surface area contributed by atoms with Crippen molar-refractivity contribution in [2.24, 2.45) is 0 Å². The SMILES string of the molecule is O=C1c2cc(Br)ccc2-c2cccc([N+](=O)[O-])c21. The Hall–Kier alpha value is -2.01. The van der Waals surface area contributed by atoms with Gasteiger partial charge in [-0.2, -0.15) is 0 Å². The number of carbonyl (C=O) groups excluding carboxylic acids is 1. The first-order chi connectivity index (χ1) is 8.59. The number of fused-ring (bicyclic) bond motifs is 3. The molecule has 0 saturated carbocycles. The van der Waals surface area contributed by atoms with Crippen LogP contribution in [0, 0.1) is 10.1 Å². The van der Waals surface area contributed by atoms with Gasteiger partial charge < -0.3 is 0 Å². The van der Waals surface area contributed by atoms with Gasteiger partial charge in [-0.15, -0.1) is 0 Å². The maximum atomic E-state index is 12.2. The van der Waals surface area contributed by atoms with E-state index in [0.29, 0.717) is 11.1 Å². The van der Waals surface area contributed by atoms with Crippen molar-refractivity contribution in [2.75, 3.05) is 0 Å². The average Bonchev–Trinajstić information content (AvgIpc) is 2.63. The lowest BCUT2D eigenvalue weighted by molar-refractivity contribution is -0.385. The summed E-state index contributed by atoms with van der Waals surface area (Å²) in [7, 11) is 0. The van der Waals surface area contributed by atoms with E-state index in [1.165, 1.54) is 6.07 Å². The lowest BCUT2D eigenvalue weighted by Crippen LogP contribution is -2.00. The Morgan fingerprint density at radius 3 is 2.56 bits per heavy atom. The Kier molecular flexibility index (Phi) is 2.31. The third-order valence-electron chi connectivity index (χ3n) is 2.98. The van der Waals surface area contributed by atoms with Crippen molar-refractivity contribution < 1.29 is 9.72 Å². The molecule has 18 heavy (non-hydrogen) atoms. The molecule has 4 nitrogen and oxygen atoms in total. The summed E-state index contributed by atoms with van der Waals surface area (Å²) in [6.07, 6.45) is 0. The molecule has 0 heterocycles. The number of nitrogens with zero attached hydrogens (tertiary/aromatic N) is 1. The highest BCUT2D eigenvalue weighted by atomic mass is 79.9. The van der Waals surface area contributed by atoms with Crippen LogP contribution in [0.4, 0.5) is 5.69 Å². The normalized spacial score (nSPS) is 12.2. The lowest BCUT2D eigenvalue weighted by Gasteiger charge is -1.99. The summed E-state index contributed by atoms with van der Waals surface area (Å²) in [5.74, 6) is -0.284. The maximum Gasteiger partial charge on any atom is 0.281 e. The summed E-state index contributed by atoms with van der Waals surface area (Å²) >= 11 is 3.30. The van der Waals surface area contributed by atoms with E-state index in [4.69, 9.17) is 0 Å². The number of rotatable bonds is 1. The second kappa shape index (κ2) is 3.74. The Labute approximate surface area is 111 Å². The number of hydrogen-bond donors (Lipinski definition) is 0. The molecule has 1 aliphatic carbocycles. The molecule has 0 amide bonds. The van der Waals surface area contributed by atoms with Crippen molar-refractivity contribution in [2.45, 2.75) is 0 Å². The molecule has 0 aromatic heterocycles. The number of carbonyl (C=O) groups is 1. The molecule has 0 saturated heterocycles. The molecule has 0 N–H and O–H groups in total. The van der Waals surface area contributed by atoms with Crippen molar-refractivity contribution >= 4 is 27.4 Å². The van der Waals surface area contributed by atoms with Crippen LogP contribution in [-0.2, 0) is 0 Å². The van der Waals surface area contributed by atoms with Gasteiger partial charge in [0.15, 0.2) is 0 Å². The summed E-state index contributed by atoms with van der Waals surface area (Å²) in [6, 6.07) is 10.0. The molecule has 0 atom stereocenters. The Balaban J connectivity index is 2.36. The molecule has 88 valence electrons. The predicted molar refractivity (Wildman–Crippen MR) is 69.7 cm³/mol. The Morgan fingerprint density at radius 2 is 1.83 bits per heavy atom. The van der Waals surface area contributed by atoms with E-state index in [-0.39, 0.29) is 17.0 Å². The van der Waals surface area contributed by atoms with Gasteiger partial charge in [-0.25, -0.2) is 0 Å². The fourth-order valence-corrected chi connectivity index (χ4v) is 2.59. The van der Waals surface area contributed by atoms with Crippen molar-refractivity contribution in [1.29, 1.82) is 0 Å². The van der Waals surface area contributed by atoms with Crippen LogP contribution in [-0.4, -0.2) is 10.7 Å². The highest BCUT2D eigenvalue weighted by Crippen LogP contribution is 2.41. The predicted octanol–water partition coefficient (Wildman–Crippen LogP) is 3.57. The first-order valence-corrected chi connectivity index (χ1v) is 6.01. The summed E-state index contributed by atoms with van der Waals surface area (Å²) in [6.45, 7) is 0. The van der Waals surface area contributed by atoms with Gasteiger partial charge in [0.25, 0.3) is 5.69 Å². The van der Waals surface area contributed by atoms with Crippen molar-refractivity contribution in [3.05, 3.63) is 62.1 Å². The monoisotopic (exact) mass is 303 g/mol. The van der Waals surface area contributed by atoms with Crippen LogP contribution in [0.3, 0.4) is 0 Å². The van der Waals surface area contributed by atoms with Gasteiger partial charge in [0.05, 0.1) is 4.92 Å². The lowest BCUT2D eigenvalue weighted by atomic mass is 10.1. The molecule has 0 aliphatic heterocycles. The van der Waals surface area contributed by atoms with Crippen LogP contribution in [0.25, 0.3) is 11.1 Å². The molecule has 1 aliphatic rings. The van der Waals surface area contributed by atoms with Gasteiger partial charge in [-0.1, -0.05) is 34.1 Å². The molecule has 0 spiro atoms. The van der Waals surface area contributed by atoms with E-state index in [1.807, 2.05) is 6.07 Å². The molecule has 0 fully saturated rings. The first-order valence-electron chi connectivity index (χ1n) is 5.21. The number of halogens is 1. The maximum absolute atomic E-state index is 12.2. The largest absolute Gasteiger partial charge is 0.288 e. The minimum Gasteiger partial charge on any atom is -0.288 e. The fourth-order valence-electron chi connectivity index (χ4n) is 2.23. The van der Waals surface area contributed by atoms with E-state index >= 15 is 0 Å². The van der Waals surface area contributed by atoms with Crippen molar-refractivity contribution in [3.63, 3.8) is 0 Å². The van der Waals surface area contributed by atoms with Gasteiger partial charge in [0.2, 0.25) is 5.78 Å². The Bertz CT molecular complexity index is 709. The van der Waals surface area contributed by atoms with Crippen LogP contribution in [0.15, 0.2) is 40.9 Å². The van der Waals surface area contributed by atoms with Gasteiger partial charge in [-0.05, 0) is 17.7 Å². The number of nitro groups is 1. The topological polar surface area (TPSA) is 60.2 Å². The van der Waals surface area contributed by atoms with Crippen LogP contribution in [0.5, 0.6) is 0 Å². The van der Waals surface area contributed by atoms with Gasteiger partial charge in [0.1, 0.15) is 5.56 Å². The van der Waals surface area contributed by atoms with E-state index < -0.39 is 4.92 Å². The number of hydrogen-bond acceptors (Lipinski definition) is 3. The van der Waals surface area contributed by atoms with Gasteiger partial charge in [-0.3, -0.25) is 14.9 Å². The number of nitro benzene ring substituents is 1. The third-order valence-corrected chi connectivity index (χ3v) is 3.48. The zero-order chi connectivity index (χ0) is 12.9. The van der Waals surface area contributed by atoms with Gasteiger partial charge >= 0.3 is 0 Å². The minimum atomic E-state index is -0.516. The molecule has 2 aromatic rings. The number of ketones is 1. The fraction of sp³-hybridized carbons (Fsp3) is 0. The molecule has 3 rings (SSSR count). The molecular formula is C13H6BrNO3. The minimum absolute atomic E-state index is 0.134. The van der Waals surface area contributed by atoms with Crippen molar-refractivity contribution in [3.8, 4) is 11.1 Å². The first kappa shape index (κ1) is 11.1. The van der Waals surface area contributed by atoms with Crippen molar-refractivity contribution in [1.82, 2.24) is 0 Å². The van der Waals surface area contributed by atoms with Crippen LogP contribution in [0.2, 0.25) is 0 Å². The van der Waals surface area contributed by atoms with Gasteiger partial charge in [0, 0.05) is 21.7 Å². The second-order valence-corrected chi connectivity index (χ2v) is 4.89. The highest BCUT2D eigenvalue weighted by Gasteiger charge is 2.33. The smallest absolute Gasteiger partial charge is 0.281 e. The van der Waals surface area contributed by atoms with E-state index in [0.717, 1.165) is 10.0 Å². The second-order valence-electron chi connectivity index (χ2n) is 3.98. The number of benzene rings is 2. The zero-order valence-corrected chi connectivity index (χ0v) is 10.6. The molecule has 5 heteroatoms. The molecule has 0 radical (unpaired) electrons. The average molecular weight is 304 g/mol. The van der Waals surface area contributed by atoms with Crippen LogP contribution < -0.4 is 0 Å². The zero-order valence-electron chi connectivity index (χ0n) is 9.01. The molecule has 0 unspecified atom stereocenters. The standard InChI is InChI=1S/C13H6BrNO3/c14-7-4-5-8-9-2-1-3-11(15(17)18)12(9)13(16)10(8)6-7/h1-6H. The molecular weight excluding hydrogens is 298 g/mol. The van der Waals surface area contributed by atoms with E-state index in [2.05, 4.69) is 15.9 Å². The quantitative estimate of drug-likeness (QED) is 0.510. The highest BCUT2D eigenvalue weighted by molar-refractivity contribution is 9.10. The molecule has 2 aromatic carbocycles. The van der Waals surface area contributed by atoms with Crippen LogP contribution in [0.1, 0.15) is 15.9 Å². The summed E-state index contributed by atoms with van der Waals surface area (Å²) in [5.41, 5.74) is 1.95. The van der Waals surface area contributed by atoms with E-state index in [1.54, 1.807) is 24.3 Å². The Morgan fingerprint density at radius 1 is 1.06 bits per heavy atom.